The lowest BCUT2D eigenvalue weighted by atomic mass is 10.2. The highest BCUT2D eigenvalue weighted by molar-refractivity contribution is 7.09. The highest BCUT2D eigenvalue weighted by Gasteiger charge is 2.09. The third-order valence-electron chi connectivity index (χ3n) is 2.65. The molecule has 0 unspecified atom stereocenters. The average Bonchev–Trinajstić information content (AvgIpc) is 2.96. The Hall–Kier alpha value is -1.59. The molecule has 106 valence electrons. The molecule has 2 heterocycles. The van der Waals surface area contributed by atoms with Crippen LogP contribution in [0.5, 0.6) is 0 Å². The Balaban J connectivity index is 1.97. The second-order valence-electron chi connectivity index (χ2n) is 4.24. The number of aromatic nitrogens is 1. The number of halogens is 1. The van der Waals surface area contributed by atoms with Gasteiger partial charge >= 0.3 is 0 Å². The van der Waals surface area contributed by atoms with Crippen LogP contribution >= 0.6 is 22.9 Å². The highest BCUT2D eigenvalue weighted by Crippen LogP contribution is 2.20. The van der Waals surface area contributed by atoms with Crippen LogP contribution in [0, 0.1) is 0 Å². The van der Waals surface area contributed by atoms with Gasteiger partial charge in [-0.25, -0.2) is 4.98 Å². The summed E-state index contributed by atoms with van der Waals surface area (Å²) in [6.07, 6.45) is 2.52. The van der Waals surface area contributed by atoms with E-state index in [0.717, 1.165) is 17.8 Å². The minimum Gasteiger partial charge on any atom is -0.369 e. The summed E-state index contributed by atoms with van der Waals surface area (Å²) >= 11 is 7.71. The number of hydrogen-bond acceptors (Lipinski definition) is 4. The van der Waals surface area contributed by atoms with E-state index >= 15 is 0 Å². The van der Waals surface area contributed by atoms with E-state index in [1.54, 1.807) is 17.4 Å². The Morgan fingerprint density at radius 2 is 2.35 bits per heavy atom. The number of pyridine rings is 1. The fourth-order valence-corrected chi connectivity index (χ4v) is 2.50. The molecule has 0 aromatic carbocycles. The fraction of sp³-hybridized carbons (Fsp3) is 0.286. The zero-order valence-electron chi connectivity index (χ0n) is 11.1. The molecule has 2 rings (SSSR count). The molecular formula is C14H16ClN3OS. The van der Waals surface area contributed by atoms with Crippen molar-refractivity contribution < 1.29 is 4.79 Å². The van der Waals surface area contributed by atoms with Crippen molar-refractivity contribution in [1.82, 2.24) is 10.3 Å². The third-order valence-corrected chi connectivity index (χ3v) is 3.81. The normalized spacial score (nSPS) is 10.3. The zero-order valence-corrected chi connectivity index (χ0v) is 12.7. The smallest absolute Gasteiger partial charge is 0.253 e. The first kappa shape index (κ1) is 14.8. The molecule has 6 heteroatoms. The monoisotopic (exact) mass is 309 g/mol. The average molecular weight is 310 g/mol. The molecule has 20 heavy (non-hydrogen) atoms. The van der Waals surface area contributed by atoms with E-state index < -0.39 is 0 Å². The molecule has 0 aliphatic carbocycles. The molecule has 2 aromatic heterocycles. The number of thiophene rings is 1. The molecule has 0 fully saturated rings. The molecule has 0 saturated carbocycles. The van der Waals surface area contributed by atoms with Crippen molar-refractivity contribution in [3.05, 3.63) is 45.2 Å². The lowest BCUT2D eigenvalue weighted by Crippen LogP contribution is -2.22. The number of carbonyl (C=O) groups is 1. The molecule has 0 radical (unpaired) electrons. The van der Waals surface area contributed by atoms with E-state index in [4.69, 9.17) is 11.6 Å². The van der Waals surface area contributed by atoms with Gasteiger partial charge in [0.15, 0.2) is 0 Å². The summed E-state index contributed by atoms with van der Waals surface area (Å²) in [4.78, 5) is 17.3. The van der Waals surface area contributed by atoms with Gasteiger partial charge in [-0.05, 0) is 23.9 Å². The predicted molar refractivity (Wildman–Crippen MR) is 83.5 cm³/mol. The minimum absolute atomic E-state index is 0.171. The number of rotatable bonds is 6. The predicted octanol–water partition coefficient (Wildman–Crippen LogP) is 3.55. The van der Waals surface area contributed by atoms with Gasteiger partial charge in [-0.15, -0.1) is 11.3 Å². The Morgan fingerprint density at radius 1 is 1.50 bits per heavy atom. The quantitative estimate of drug-likeness (QED) is 0.858. The van der Waals surface area contributed by atoms with E-state index in [1.807, 2.05) is 17.5 Å². The van der Waals surface area contributed by atoms with Gasteiger partial charge in [0.2, 0.25) is 0 Å². The number of nitrogens with zero attached hydrogens (tertiary/aromatic N) is 1. The van der Waals surface area contributed by atoms with E-state index in [-0.39, 0.29) is 5.91 Å². The van der Waals surface area contributed by atoms with E-state index in [1.165, 1.54) is 6.20 Å². The summed E-state index contributed by atoms with van der Waals surface area (Å²) in [5, 5.41) is 8.39. The Bertz CT molecular complexity index is 572. The van der Waals surface area contributed by atoms with Crippen LogP contribution in [0.3, 0.4) is 0 Å². The van der Waals surface area contributed by atoms with E-state index in [2.05, 4.69) is 22.5 Å². The van der Waals surface area contributed by atoms with Crippen LogP contribution in [-0.4, -0.2) is 17.4 Å². The number of anilines is 1. The van der Waals surface area contributed by atoms with Crippen molar-refractivity contribution in [3.63, 3.8) is 0 Å². The van der Waals surface area contributed by atoms with Gasteiger partial charge in [0.05, 0.1) is 17.1 Å². The maximum atomic E-state index is 12.0. The van der Waals surface area contributed by atoms with E-state index in [9.17, 15) is 4.79 Å². The van der Waals surface area contributed by atoms with Crippen LogP contribution in [0.15, 0.2) is 29.8 Å². The van der Waals surface area contributed by atoms with Gasteiger partial charge < -0.3 is 10.6 Å². The Morgan fingerprint density at radius 3 is 3.00 bits per heavy atom. The van der Waals surface area contributed by atoms with E-state index in [0.29, 0.717) is 22.9 Å². The maximum Gasteiger partial charge on any atom is 0.253 e. The summed E-state index contributed by atoms with van der Waals surface area (Å²) in [5.41, 5.74) is 0.466. The van der Waals surface area contributed by atoms with Crippen LogP contribution in [-0.2, 0) is 6.54 Å². The Kier molecular flexibility index (Phi) is 5.38. The summed E-state index contributed by atoms with van der Waals surface area (Å²) in [7, 11) is 0. The molecular weight excluding hydrogens is 294 g/mol. The largest absolute Gasteiger partial charge is 0.369 e. The molecule has 0 aliphatic heterocycles. The van der Waals surface area contributed by atoms with Crippen molar-refractivity contribution in [2.45, 2.75) is 19.9 Å². The maximum absolute atomic E-state index is 12.0. The molecule has 0 atom stereocenters. The van der Waals surface area contributed by atoms with Gasteiger partial charge in [0, 0.05) is 17.6 Å². The molecule has 0 spiro atoms. The number of amides is 1. The zero-order chi connectivity index (χ0) is 14.4. The topological polar surface area (TPSA) is 54.0 Å². The van der Waals surface area contributed by atoms with Gasteiger partial charge in [-0.1, -0.05) is 24.6 Å². The molecule has 2 N–H and O–H groups in total. The lowest BCUT2D eigenvalue weighted by molar-refractivity contribution is 0.0951. The number of nitrogens with one attached hydrogen (secondary N) is 2. The summed E-state index contributed by atoms with van der Waals surface area (Å²) in [6.45, 7) is 3.38. The van der Waals surface area contributed by atoms with Crippen LogP contribution in [0.4, 0.5) is 5.82 Å². The first-order valence-electron chi connectivity index (χ1n) is 6.40. The molecule has 0 saturated heterocycles. The molecule has 1 amide bonds. The van der Waals surface area contributed by atoms with Gasteiger partial charge in [0.25, 0.3) is 5.91 Å². The molecule has 2 aromatic rings. The Labute approximate surface area is 127 Å². The first-order valence-corrected chi connectivity index (χ1v) is 7.66. The molecule has 0 bridgehead atoms. The number of hydrogen-bond donors (Lipinski definition) is 2. The second kappa shape index (κ2) is 7.26. The first-order chi connectivity index (χ1) is 9.70. The SMILES string of the molecule is CCCNc1ncc(C(=O)NCc2cccs2)cc1Cl. The third kappa shape index (κ3) is 3.95. The van der Waals surface area contributed by atoms with Crippen molar-refractivity contribution in [2.24, 2.45) is 0 Å². The van der Waals surface area contributed by atoms with Crippen molar-refractivity contribution >= 4 is 34.7 Å². The fourth-order valence-electron chi connectivity index (χ4n) is 1.62. The number of carbonyl (C=O) groups excluding carboxylic acids is 1. The lowest BCUT2D eigenvalue weighted by Gasteiger charge is -2.08. The van der Waals surface area contributed by atoms with Gasteiger partial charge in [-0.2, -0.15) is 0 Å². The van der Waals surface area contributed by atoms with Crippen LogP contribution in [0.2, 0.25) is 5.02 Å². The standard InChI is InChI=1S/C14H16ClN3OS/c1-2-5-16-13-12(15)7-10(8-17-13)14(19)18-9-11-4-3-6-20-11/h3-4,6-8H,2,5,9H2,1H3,(H,16,17)(H,18,19). The minimum atomic E-state index is -0.171. The van der Waals surface area contributed by atoms with Crippen LogP contribution in [0.25, 0.3) is 0 Å². The molecule has 4 nitrogen and oxygen atoms in total. The van der Waals surface area contributed by atoms with Crippen molar-refractivity contribution in [3.8, 4) is 0 Å². The van der Waals surface area contributed by atoms with Gasteiger partial charge in [-0.3, -0.25) is 4.79 Å². The van der Waals surface area contributed by atoms with Gasteiger partial charge in [0.1, 0.15) is 5.82 Å². The van der Waals surface area contributed by atoms with Crippen LogP contribution in [0.1, 0.15) is 28.6 Å². The highest BCUT2D eigenvalue weighted by atomic mass is 35.5. The summed E-state index contributed by atoms with van der Waals surface area (Å²) in [5.74, 6) is 0.443. The second-order valence-corrected chi connectivity index (χ2v) is 5.68. The van der Waals surface area contributed by atoms with Crippen molar-refractivity contribution in [2.75, 3.05) is 11.9 Å². The summed E-state index contributed by atoms with van der Waals surface area (Å²) in [6, 6.07) is 5.57. The molecule has 0 aliphatic rings. The van der Waals surface area contributed by atoms with Crippen LogP contribution < -0.4 is 10.6 Å². The summed E-state index contributed by atoms with van der Waals surface area (Å²) < 4.78 is 0. The van der Waals surface area contributed by atoms with Crippen molar-refractivity contribution in [1.29, 1.82) is 0 Å².